The number of aromatic hydroxyl groups is 1. The van der Waals surface area contributed by atoms with Crippen molar-refractivity contribution in [3.05, 3.63) is 70.9 Å². The van der Waals surface area contributed by atoms with Crippen molar-refractivity contribution < 1.29 is 9.90 Å². The molecule has 3 aromatic rings. The van der Waals surface area contributed by atoms with Crippen molar-refractivity contribution in [3.8, 4) is 17.6 Å². The highest BCUT2D eigenvalue weighted by Gasteiger charge is 2.25. The van der Waals surface area contributed by atoms with Crippen LogP contribution in [-0.4, -0.2) is 40.5 Å². The Morgan fingerprint density at radius 2 is 2.00 bits per heavy atom. The lowest BCUT2D eigenvalue weighted by molar-refractivity contribution is 0.0953. The van der Waals surface area contributed by atoms with Crippen LogP contribution < -0.4 is 5.32 Å². The van der Waals surface area contributed by atoms with E-state index >= 15 is 0 Å². The SMILES string of the molecule is CC#CCN1CCc2nc3ccccc3c(C(=O)NCCc3ccc(O)cc3)c2C1. The van der Waals surface area contributed by atoms with E-state index in [0.717, 1.165) is 46.3 Å². The lowest BCUT2D eigenvalue weighted by Gasteiger charge is -2.28. The van der Waals surface area contributed by atoms with Crippen molar-refractivity contribution in [3.63, 3.8) is 0 Å². The Kier molecular flexibility index (Phi) is 5.97. The molecule has 0 fully saturated rings. The molecule has 5 nitrogen and oxygen atoms in total. The number of pyridine rings is 1. The third kappa shape index (κ3) is 4.29. The van der Waals surface area contributed by atoms with Gasteiger partial charge in [-0.2, -0.15) is 0 Å². The maximum Gasteiger partial charge on any atom is 0.252 e. The van der Waals surface area contributed by atoms with Crippen LogP contribution in [0.25, 0.3) is 10.9 Å². The summed E-state index contributed by atoms with van der Waals surface area (Å²) in [6, 6.07) is 14.9. The van der Waals surface area contributed by atoms with Crippen LogP contribution in [0.2, 0.25) is 0 Å². The average molecular weight is 399 g/mol. The van der Waals surface area contributed by atoms with E-state index in [1.807, 2.05) is 43.3 Å². The van der Waals surface area contributed by atoms with Crippen LogP contribution in [0.4, 0.5) is 0 Å². The number of carbonyl (C=O) groups is 1. The van der Waals surface area contributed by atoms with Gasteiger partial charge >= 0.3 is 0 Å². The quantitative estimate of drug-likeness (QED) is 0.646. The first kappa shape index (κ1) is 19.9. The number of nitrogens with one attached hydrogen (secondary N) is 1. The highest BCUT2D eigenvalue weighted by molar-refractivity contribution is 6.07. The lowest BCUT2D eigenvalue weighted by Crippen LogP contribution is -2.35. The number of para-hydroxylation sites is 1. The first-order valence-electron chi connectivity index (χ1n) is 10.2. The molecular formula is C25H25N3O2. The van der Waals surface area contributed by atoms with E-state index < -0.39 is 0 Å². The van der Waals surface area contributed by atoms with E-state index in [9.17, 15) is 9.90 Å². The zero-order valence-electron chi connectivity index (χ0n) is 17.1. The number of aromatic nitrogens is 1. The van der Waals surface area contributed by atoms with Crippen LogP contribution in [0.3, 0.4) is 0 Å². The second kappa shape index (κ2) is 8.98. The van der Waals surface area contributed by atoms with E-state index in [1.165, 1.54) is 0 Å². The predicted octanol–water partition coefficient (Wildman–Crippen LogP) is 3.29. The number of phenols is 1. The van der Waals surface area contributed by atoms with E-state index in [1.54, 1.807) is 12.1 Å². The minimum atomic E-state index is -0.0629. The molecule has 0 aliphatic carbocycles. The summed E-state index contributed by atoms with van der Waals surface area (Å²) in [6.45, 7) is 4.65. The standard InChI is InChI=1S/C25H25N3O2/c1-2-3-15-28-16-13-23-21(17-28)24(20-6-4-5-7-22(20)27-23)25(30)26-14-12-18-8-10-19(29)11-9-18/h4-11,29H,12-17H2,1H3,(H,26,30). The third-order valence-corrected chi connectivity index (χ3v) is 5.47. The molecule has 5 heteroatoms. The smallest absolute Gasteiger partial charge is 0.252 e. The van der Waals surface area contributed by atoms with Crippen LogP contribution in [0.15, 0.2) is 48.5 Å². The second-order valence-corrected chi connectivity index (χ2v) is 7.49. The summed E-state index contributed by atoms with van der Waals surface area (Å²) in [4.78, 5) is 20.4. The van der Waals surface area contributed by atoms with E-state index in [0.29, 0.717) is 26.1 Å². The Bertz CT molecular complexity index is 1130. The molecule has 0 bridgehead atoms. The van der Waals surface area contributed by atoms with Gasteiger partial charge in [0.2, 0.25) is 0 Å². The number of hydrogen-bond donors (Lipinski definition) is 2. The zero-order chi connectivity index (χ0) is 20.9. The minimum absolute atomic E-state index is 0.0629. The molecule has 0 spiro atoms. The highest BCUT2D eigenvalue weighted by atomic mass is 16.3. The summed E-state index contributed by atoms with van der Waals surface area (Å²) < 4.78 is 0. The molecule has 1 aliphatic rings. The summed E-state index contributed by atoms with van der Waals surface area (Å²) >= 11 is 0. The van der Waals surface area contributed by atoms with Gasteiger partial charge in [0.05, 0.1) is 17.6 Å². The zero-order valence-corrected chi connectivity index (χ0v) is 17.1. The average Bonchev–Trinajstić information content (AvgIpc) is 2.77. The lowest BCUT2D eigenvalue weighted by atomic mass is 9.95. The molecule has 1 amide bonds. The maximum absolute atomic E-state index is 13.3. The molecule has 4 rings (SSSR count). The van der Waals surface area contributed by atoms with Crippen molar-refractivity contribution in [2.45, 2.75) is 26.3 Å². The Hall–Kier alpha value is -3.36. The first-order valence-corrected chi connectivity index (χ1v) is 10.2. The molecule has 1 aliphatic heterocycles. The Labute approximate surface area is 176 Å². The van der Waals surface area contributed by atoms with Crippen molar-refractivity contribution in [1.82, 2.24) is 15.2 Å². The van der Waals surface area contributed by atoms with Gasteiger partial charge in [-0.3, -0.25) is 14.7 Å². The summed E-state index contributed by atoms with van der Waals surface area (Å²) in [6.07, 6.45) is 1.52. The number of benzene rings is 2. The summed E-state index contributed by atoms with van der Waals surface area (Å²) in [5.74, 6) is 6.26. The van der Waals surface area contributed by atoms with Gasteiger partial charge in [0, 0.05) is 42.7 Å². The van der Waals surface area contributed by atoms with Gasteiger partial charge in [-0.25, -0.2) is 0 Å². The molecule has 0 saturated heterocycles. The molecule has 1 aromatic heterocycles. The monoisotopic (exact) mass is 399 g/mol. The maximum atomic E-state index is 13.3. The van der Waals surface area contributed by atoms with Crippen LogP contribution in [0.5, 0.6) is 5.75 Å². The van der Waals surface area contributed by atoms with Crippen molar-refractivity contribution >= 4 is 16.8 Å². The predicted molar refractivity (Wildman–Crippen MR) is 118 cm³/mol. The number of carbonyl (C=O) groups excluding carboxylic acids is 1. The topological polar surface area (TPSA) is 65.5 Å². The van der Waals surface area contributed by atoms with Gasteiger partial charge in [-0.15, -0.1) is 5.92 Å². The Morgan fingerprint density at radius 3 is 2.80 bits per heavy atom. The van der Waals surface area contributed by atoms with Crippen molar-refractivity contribution in [2.24, 2.45) is 0 Å². The molecule has 152 valence electrons. The van der Waals surface area contributed by atoms with Crippen LogP contribution in [-0.2, 0) is 19.4 Å². The molecule has 0 saturated carbocycles. The van der Waals surface area contributed by atoms with E-state index in [4.69, 9.17) is 4.98 Å². The Morgan fingerprint density at radius 1 is 1.20 bits per heavy atom. The van der Waals surface area contributed by atoms with Gasteiger partial charge in [0.1, 0.15) is 5.75 Å². The van der Waals surface area contributed by atoms with Crippen LogP contribution in [0.1, 0.15) is 34.1 Å². The molecule has 30 heavy (non-hydrogen) atoms. The molecule has 2 aromatic carbocycles. The Balaban J connectivity index is 1.60. The summed E-state index contributed by atoms with van der Waals surface area (Å²) in [5, 5.41) is 13.4. The number of hydrogen-bond acceptors (Lipinski definition) is 4. The van der Waals surface area contributed by atoms with Gasteiger partial charge in [0.25, 0.3) is 5.91 Å². The number of phenolic OH excluding ortho intramolecular Hbond substituents is 1. The molecule has 2 heterocycles. The van der Waals surface area contributed by atoms with Gasteiger partial charge in [0.15, 0.2) is 0 Å². The minimum Gasteiger partial charge on any atom is -0.508 e. The highest BCUT2D eigenvalue weighted by Crippen LogP contribution is 2.28. The molecule has 0 radical (unpaired) electrons. The van der Waals surface area contributed by atoms with Gasteiger partial charge in [-0.1, -0.05) is 36.3 Å². The fourth-order valence-corrected chi connectivity index (χ4v) is 3.90. The summed E-state index contributed by atoms with van der Waals surface area (Å²) in [7, 11) is 0. The van der Waals surface area contributed by atoms with E-state index in [2.05, 4.69) is 22.1 Å². The number of nitrogens with zero attached hydrogens (tertiary/aromatic N) is 2. The van der Waals surface area contributed by atoms with Gasteiger partial charge < -0.3 is 10.4 Å². The summed E-state index contributed by atoms with van der Waals surface area (Å²) in [5.41, 5.74) is 4.69. The molecule has 0 unspecified atom stereocenters. The van der Waals surface area contributed by atoms with Crippen molar-refractivity contribution in [2.75, 3.05) is 19.6 Å². The normalized spacial score (nSPS) is 13.4. The van der Waals surface area contributed by atoms with E-state index in [-0.39, 0.29) is 11.7 Å². The number of fused-ring (bicyclic) bond motifs is 2. The van der Waals surface area contributed by atoms with Crippen LogP contribution >= 0.6 is 0 Å². The second-order valence-electron chi connectivity index (χ2n) is 7.49. The molecule has 0 atom stereocenters. The fraction of sp³-hybridized carbons (Fsp3) is 0.280. The number of rotatable bonds is 5. The molecular weight excluding hydrogens is 374 g/mol. The number of amides is 1. The van der Waals surface area contributed by atoms with Gasteiger partial charge in [-0.05, 0) is 37.1 Å². The first-order chi connectivity index (χ1) is 14.7. The molecule has 2 N–H and O–H groups in total. The third-order valence-electron chi connectivity index (χ3n) is 5.47. The fourth-order valence-electron chi connectivity index (χ4n) is 3.90. The van der Waals surface area contributed by atoms with Crippen LogP contribution in [0, 0.1) is 11.8 Å². The largest absolute Gasteiger partial charge is 0.508 e. The van der Waals surface area contributed by atoms with Crippen molar-refractivity contribution in [1.29, 1.82) is 0 Å².